The third kappa shape index (κ3) is 6.02. The first-order valence-electron chi connectivity index (χ1n) is 11.3. The molecule has 3 aromatic heterocycles. The molecule has 1 N–H and O–H groups in total. The minimum absolute atomic E-state index is 0.160. The molecule has 5 rings (SSSR count). The number of halogens is 5. The van der Waals surface area contributed by atoms with Crippen molar-refractivity contribution in [1.29, 1.82) is 0 Å². The molecule has 0 saturated heterocycles. The van der Waals surface area contributed by atoms with E-state index in [2.05, 4.69) is 24.6 Å². The van der Waals surface area contributed by atoms with E-state index in [-0.39, 0.29) is 16.7 Å². The Hall–Kier alpha value is -4.03. The predicted octanol–water partition coefficient (Wildman–Crippen LogP) is 7.03. The zero-order valence-corrected chi connectivity index (χ0v) is 21.5. The number of rotatable bonds is 7. The van der Waals surface area contributed by atoms with Gasteiger partial charge in [0.25, 0.3) is 0 Å². The number of benzene rings is 2. The smallest absolute Gasteiger partial charge is 0.439 e. The summed E-state index contributed by atoms with van der Waals surface area (Å²) < 4.78 is 63.2. The van der Waals surface area contributed by atoms with Gasteiger partial charge in [-0.2, -0.15) is 13.2 Å². The molecule has 0 amide bonds. The van der Waals surface area contributed by atoms with Crippen LogP contribution >= 0.6 is 22.9 Å². The van der Waals surface area contributed by atoms with Crippen LogP contribution in [-0.2, 0) is 12.6 Å². The van der Waals surface area contributed by atoms with Crippen molar-refractivity contribution in [3.8, 4) is 27.7 Å². The van der Waals surface area contributed by atoms with Crippen LogP contribution in [-0.4, -0.2) is 20.1 Å². The number of aryl methyl sites for hydroxylation is 1. The van der Waals surface area contributed by atoms with Crippen LogP contribution in [0.25, 0.3) is 22.0 Å². The second-order valence-electron chi connectivity index (χ2n) is 8.42. The third-order valence-corrected chi connectivity index (χ3v) is 7.29. The Balaban J connectivity index is 1.47. The second kappa shape index (κ2) is 10.6. The number of aromatic amines is 1. The molecule has 0 fully saturated rings. The predicted molar refractivity (Wildman–Crippen MR) is 136 cm³/mol. The summed E-state index contributed by atoms with van der Waals surface area (Å²) in [6.07, 6.45) is -3.67. The van der Waals surface area contributed by atoms with Crippen molar-refractivity contribution in [2.45, 2.75) is 25.6 Å². The van der Waals surface area contributed by atoms with E-state index in [9.17, 15) is 22.4 Å². The van der Waals surface area contributed by atoms with Gasteiger partial charge in [0.05, 0.1) is 15.6 Å². The fraction of sp³-hybridized carbons (Fsp3) is 0.154. The number of alkyl halides is 3. The van der Waals surface area contributed by atoms with Gasteiger partial charge in [0.1, 0.15) is 28.4 Å². The number of nitrogens with zero attached hydrogens (tertiary/aromatic N) is 3. The second-order valence-corrected chi connectivity index (χ2v) is 9.86. The fourth-order valence-corrected chi connectivity index (χ4v) is 5.16. The van der Waals surface area contributed by atoms with E-state index in [4.69, 9.17) is 16.3 Å². The quantitative estimate of drug-likeness (QED) is 0.209. The highest BCUT2D eigenvalue weighted by Crippen LogP contribution is 2.38. The van der Waals surface area contributed by atoms with Crippen molar-refractivity contribution in [3.05, 3.63) is 104 Å². The Labute approximate surface area is 227 Å². The van der Waals surface area contributed by atoms with Gasteiger partial charge < -0.3 is 4.74 Å². The minimum Gasteiger partial charge on any atom is -0.484 e. The number of aromatic nitrogens is 4. The highest BCUT2D eigenvalue weighted by Gasteiger charge is 2.32. The highest BCUT2D eigenvalue weighted by molar-refractivity contribution is 7.15. The van der Waals surface area contributed by atoms with E-state index in [0.717, 1.165) is 22.7 Å². The van der Waals surface area contributed by atoms with Crippen LogP contribution in [0.3, 0.4) is 0 Å². The summed E-state index contributed by atoms with van der Waals surface area (Å²) in [7, 11) is 0. The zero-order chi connectivity index (χ0) is 27.7. The highest BCUT2D eigenvalue weighted by atomic mass is 35.5. The Morgan fingerprint density at radius 2 is 1.90 bits per heavy atom. The van der Waals surface area contributed by atoms with Crippen LogP contribution in [0.1, 0.15) is 27.9 Å². The van der Waals surface area contributed by atoms with E-state index in [1.165, 1.54) is 29.5 Å². The molecular formula is C26H17ClF4N4O3S. The van der Waals surface area contributed by atoms with Gasteiger partial charge in [-0.3, -0.25) is 14.5 Å². The summed E-state index contributed by atoms with van der Waals surface area (Å²) in [5.41, 5.74) is 1.26. The van der Waals surface area contributed by atoms with Gasteiger partial charge in [-0.05, 0) is 55.0 Å². The summed E-state index contributed by atoms with van der Waals surface area (Å²) in [6.45, 7) is 1.77. The van der Waals surface area contributed by atoms with Crippen LogP contribution in [0.4, 0.5) is 17.6 Å². The molecule has 0 aliphatic rings. The van der Waals surface area contributed by atoms with Crippen molar-refractivity contribution in [1.82, 2.24) is 20.1 Å². The first kappa shape index (κ1) is 26.6. The number of pyridine rings is 1. The maximum Gasteiger partial charge on any atom is 0.439 e. The molecule has 1 atom stereocenters. The fourth-order valence-electron chi connectivity index (χ4n) is 3.81. The number of hydrogen-bond donors (Lipinski definition) is 1. The van der Waals surface area contributed by atoms with E-state index < -0.39 is 23.7 Å². The Kier molecular flexibility index (Phi) is 7.23. The number of nitrogens with one attached hydrogen (secondary N) is 1. The maximum absolute atomic E-state index is 13.5. The van der Waals surface area contributed by atoms with Gasteiger partial charge in [0.15, 0.2) is 5.82 Å². The summed E-state index contributed by atoms with van der Waals surface area (Å²) in [6, 6.07) is 13.0. The van der Waals surface area contributed by atoms with Crippen molar-refractivity contribution in [2.75, 3.05) is 0 Å². The Morgan fingerprint density at radius 3 is 2.51 bits per heavy atom. The molecular weight excluding hydrogens is 560 g/mol. The van der Waals surface area contributed by atoms with Crippen LogP contribution < -0.4 is 10.5 Å². The molecule has 0 aliphatic heterocycles. The molecule has 0 aliphatic carbocycles. The van der Waals surface area contributed by atoms with Crippen molar-refractivity contribution in [2.24, 2.45) is 0 Å². The minimum atomic E-state index is -4.55. The average molecular weight is 577 g/mol. The lowest BCUT2D eigenvalue weighted by atomic mass is 10.1. The van der Waals surface area contributed by atoms with Gasteiger partial charge >= 0.3 is 11.9 Å². The molecule has 0 bridgehead atoms. The van der Waals surface area contributed by atoms with Crippen LogP contribution in [0.5, 0.6) is 5.75 Å². The van der Waals surface area contributed by atoms with Gasteiger partial charge in [-0.1, -0.05) is 28.9 Å². The molecule has 1 unspecified atom stereocenters. The van der Waals surface area contributed by atoms with Crippen molar-refractivity contribution >= 4 is 22.9 Å². The zero-order valence-electron chi connectivity index (χ0n) is 19.9. The lowest BCUT2D eigenvalue weighted by molar-refractivity contribution is -0.141. The van der Waals surface area contributed by atoms with Gasteiger partial charge in [0.2, 0.25) is 0 Å². The molecule has 5 aromatic rings. The summed E-state index contributed by atoms with van der Waals surface area (Å²) >= 11 is 7.67. The van der Waals surface area contributed by atoms with Crippen LogP contribution in [0.15, 0.2) is 70.1 Å². The lowest BCUT2D eigenvalue weighted by Gasteiger charge is -2.19. The largest absolute Gasteiger partial charge is 0.484 e. The standard InChI is InChI=1S/C26H17ClF4N4O3S/c1-13-22(39-24(33-13)15-4-9-21(32-12-15)26(29,30)31)20(10-14-2-5-16(28)6-3-14)37-17-7-8-18(19(27)11-17)23-34-25(36)38-35-23/h2-9,11-12,20H,10H2,1H3,(H,34,35,36). The number of ether oxygens (including phenoxy) is 1. The lowest BCUT2D eigenvalue weighted by Crippen LogP contribution is -2.11. The first-order valence-corrected chi connectivity index (χ1v) is 12.5. The Bertz CT molecular complexity index is 1660. The van der Waals surface area contributed by atoms with Gasteiger partial charge in [-0.15, -0.1) is 11.3 Å². The molecule has 0 saturated carbocycles. The van der Waals surface area contributed by atoms with E-state index in [1.54, 1.807) is 37.3 Å². The van der Waals surface area contributed by atoms with Crippen LogP contribution in [0.2, 0.25) is 5.02 Å². The Morgan fingerprint density at radius 1 is 1.13 bits per heavy atom. The van der Waals surface area contributed by atoms with Gasteiger partial charge in [-0.25, -0.2) is 14.2 Å². The maximum atomic E-state index is 13.5. The topological polar surface area (TPSA) is 93.9 Å². The van der Waals surface area contributed by atoms with Gasteiger partial charge in [0, 0.05) is 23.7 Å². The van der Waals surface area contributed by atoms with Crippen molar-refractivity contribution < 1.29 is 26.8 Å². The molecule has 3 heterocycles. The summed E-state index contributed by atoms with van der Waals surface area (Å²) in [4.78, 5) is 22.5. The average Bonchev–Trinajstić information content (AvgIpc) is 3.50. The van der Waals surface area contributed by atoms with E-state index in [0.29, 0.717) is 34.0 Å². The third-order valence-electron chi connectivity index (χ3n) is 5.67. The number of H-pyrrole nitrogens is 1. The van der Waals surface area contributed by atoms with Crippen LogP contribution in [0, 0.1) is 12.7 Å². The summed E-state index contributed by atoms with van der Waals surface area (Å²) in [5, 5.41) is 4.35. The number of thiazole rings is 1. The molecule has 2 aromatic carbocycles. The van der Waals surface area contributed by atoms with E-state index >= 15 is 0 Å². The molecule has 0 radical (unpaired) electrons. The first-order chi connectivity index (χ1) is 18.6. The molecule has 13 heteroatoms. The van der Waals surface area contributed by atoms with E-state index in [1.807, 2.05) is 0 Å². The van der Waals surface area contributed by atoms with Crippen molar-refractivity contribution in [3.63, 3.8) is 0 Å². The molecule has 7 nitrogen and oxygen atoms in total. The molecule has 39 heavy (non-hydrogen) atoms. The molecule has 200 valence electrons. The molecule has 0 spiro atoms. The monoisotopic (exact) mass is 576 g/mol. The SMILES string of the molecule is Cc1nc(-c2ccc(C(F)(F)F)nc2)sc1C(Cc1ccc(F)cc1)Oc1ccc(-c2noc(=O)[nH]2)c(Cl)c1. The summed E-state index contributed by atoms with van der Waals surface area (Å²) in [5.74, 6) is -0.546. The number of hydrogen-bond acceptors (Lipinski definition) is 7. The normalized spacial score (nSPS) is 12.5.